The van der Waals surface area contributed by atoms with E-state index < -0.39 is 22.1 Å². The van der Waals surface area contributed by atoms with E-state index in [9.17, 15) is 18.1 Å². The van der Waals surface area contributed by atoms with Gasteiger partial charge in [-0.25, -0.2) is 4.18 Å². The molecule has 0 aromatic carbocycles. The molecule has 9 atom stereocenters. The highest BCUT2D eigenvalue weighted by molar-refractivity contribution is 7.80. The Bertz CT molecular complexity index is 892. The van der Waals surface area contributed by atoms with Crippen molar-refractivity contribution < 1.29 is 22.3 Å². The summed E-state index contributed by atoms with van der Waals surface area (Å²) < 4.78 is 36.8. The Kier molecular flexibility index (Phi) is 7.16. The van der Waals surface area contributed by atoms with E-state index in [4.69, 9.17) is 4.18 Å². The normalized spacial score (nSPS) is 44.1. The first kappa shape index (κ1) is 26.6. The van der Waals surface area contributed by atoms with Gasteiger partial charge >= 0.3 is 10.4 Å². The average Bonchev–Trinajstić information content (AvgIpc) is 3.07. The highest BCUT2D eigenvalue weighted by Crippen LogP contribution is 2.67. The van der Waals surface area contributed by atoms with E-state index in [1.807, 2.05) is 20.8 Å². The summed E-state index contributed by atoms with van der Waals surface area (Å²) in [5, 5.41) is 10.7. The van der Waals surface area contributed by atoms with Gasteiger partial charge in [0.05, 0.1) is 11.7 Å². The second-order valence-corrected chi connectivity index (χ2v) is 14.6. The molecule has 4 rings (SSSR count). The number of rotatable bonds is 7. The summed E-state index contributed by atoms with van der Waals surface area (Å²) in [4.78, 5) is 0. The van der Waals surface area contributed by atoms with Gasteiger partial charge in [-0.3, -0.25) is 4.55 Å². The Balaban J connectivity index is 1.46. The van der Waals surface area contributed by atoms with Crippen molar-refractivity contribution in [1.29, 1.82) is 0 Å². The Morgan fingerprint density at radius 2 is 1.74 bits per heavy atom. The number of hydrogen-bond donors (Lipinski definition) is 2. The first-order valence-corrected chi connectivity index (χ1v) is 15.1. The highest BCUT2D eigenvalue weighted by atomic mass is 32.3. The lowest BCUT2D eigenvalue weighted by atomic mass is 9.46. The third kappa shape index (κ3) is 4.90. The summed E-state index contributed by atoms with van der Waals surface area (Å²) >= 11 is 0. The Hall–Kier alpha value is -0.430. The molecule has 3 saturated carbocycles. The van der Waals surface area contributed by atoms with E-state index in [1.54, 1.807) is 0 Å². The van der Waals surface area contributed by atoms with Crippen LogP contribution in [0, 0.1) is 46.3 Å². The van der Waals surface area contributed by atoms with Crippen LogP contribution in [0.5, 0.6) is 0 Å². The fourth-order valence-electron chi connectivity index (χ4n) is 9.06. The quantitative estimate of drug-likeness (QED) is 0.307. The zero-order valence-corrected chi connectivity index (χ0v) is 23.0. The summed E-state index contributed by atoms with van der Waals surface area (Å²) in [6.45, 7) is 13.3. The van der Waals surface area contributed by atoms with Gasteiger partial charge in [-0.15, -0.1) is 0 Å². The molecule has 0 heterocycles. The minimum Gasteiger partial charge on any atom is -0.390 e. The molecule has 4 aliphatic rings. The largest absolute Gasteiger partial charge is 0.397 e. The molecule has 0 bridgehead atoms. The van der Waals surface area contributed by atoms with Crippen LogP contribution in [0.3, 0.4) is 0 Å². The van der Waals surface area contributed by atoms with E-state index in [2.05, 4.69) is 26.8 Å². The predicted octanol–water partition coefficient (Wildman–Crippen LogP) is 6.58. The number of allylic oxidation sites excluding steroid dienone is 1. The molecule has 4 aliphatic carbocycles. The van der Waals surface area contributed by atoms with Crippen molar-refractivity contribution in [3.8, 4) is 0 Å². The number of hydrogen-bond acceptors (Lipinski definition) is 4. The zero-order chi connectivity index (χ0) is 25.1. The third-order valence-electron chi connectivity index (χ3n) is 11.0. The predicted molar refractivity (Wildman–Crippen MR) is 135 cm³/mol. The highest BCUT2D eigenvalue weighted by Gasteiger charge is 2.59. The Morgan fingerprint density at radius 1 is 1.03 bits per heavy atom. The smallest absolute Gasteiger partial charge is 0.390 e. The molecule has 1 unspecified atom stereocenters. The Labute approximate surface area is 208 Å². The standard InChI is InChI=1S/C28H48O5S/c1-18(2)25(33-34(30,31)32)12-7-19(3)22-10-11-23-21-9-8-20-17-26(4,29)15-16-27(20,5)24(21)13-14-28(22,23)6/h8,18-19,21-25,29H,7,9-17H2,1-6H3,(H,30,31,32)/t19-,21+,22-,23+,24+,25?,26+,27+,28-/m1/s1. The first-order valence-electron chi connectivity index (χ1n) is 13.7. The van der Waals surface area contributed by atoms with Crippen LogP contribution in [-0.4, -0.2) is 29.8 Å². The maximum Gasteiger partial charge on any atom is 0.397 e. The van der Waals surface area contributed by atoms with Crippen LogP contribution in [-0.2, 0) is 14.6 Å². The van der Waals surface area contributed by atoms with Crippen LogP contribution < -0.4 is 0 Å². The monoisotopic (exact) mass is 496 g/mol. The summed E-state index contributed by atoms with van der Waals surface area (Å²) in [7, 11) is -4.42. The molecule has 196 valence electrons. The molecule has 0 radical (unpaired) electrons. The summed E-state index contributed by atoms with van der Waals surface area (Å²) in [5.74, 6) is 3.45. The van der Waals surface area contributed by atoms with Crippen molar-refractivity contribution in [2.24, 2.45) is 46.3 Å². The van der Waals surface area contributed by atoms with Gasteiger partial charge in [0.25, 0.3) is 0 Å². The SMILES string of the molecule is CC(C)C(CC[C@@H](C)[C@H]1CC[C@H]2[C@@H]3CC=C4C[C@@](C)(O)CC[C@]4(C)[C@H]3CC[C@]12C)OS(=O)(=O)O. The maximum absolute atomic E-state index is 11.3. The lowest BCUT2D eigenvalue weighted by Gasteiger charge is -2.59. The molecular weight excluding hydrogens is 448 g/mol. The minimum atomic E-state index is -4.42. The van der Waals surface area contributed by atoms with Gasteiger partial charge in [0.15, 0.2) is 0 Å². The second kappa shape index (κ2) is 9.15. The van der Waals surface area contributed by atoms with Crippen LogP contribution in [0.4, 0.5) is 0 Å². The van der Waals surface area contributed by atoms with Crippen LogP contribution in [0.1, 0.15) is 106 Å². The molecule has 0 spiro atoms. The molecule has 0 saturated heterocycles. The van der Waals surface area contributed by atoms with Gasteiger partial charge in [0, 0.05) is 0 Å². The zero-order valence-electron chi connectivity index (χ0n) is 22.2. The molecule has 6 heteroatoms. The van der Waals surface area contributed by atoms with Gasteiger partial charge < -0.3 is 5.11 Å². The van der Waals surface area contributed by atoms with Crippen molar-refractivity contribution >= 4 is 10.4 Å². The average molecular weight is 497 g/mol. The van der Waals surface area contributed by atoms with Gasteiger partial charge in [-0.05, 0) is 117 Å². The maximum atomic E-state index is 11.3. The minimum absolute atomic E-state index is 0.0386. The van der Waals surface area contributed by atoms with Gasteiger partial charge in [0.2, 0.25) is 0 Å². The molecule has 34 heavy (non-hydrogen) atoms. The van der Waals surface area contributed by atoms with Crippen LogP contribution in [0.2, 0.25) is 0 Å². The van der Waals surface area contributed by atoms with E-state index in [0.29, 0.717) is 23.7 Å². The second-order valence-electron chi connectivity index (χ2n) is 13.5. The van der Waals surface area contributed by atoms with Gasteiger partial charge in [0.1, 0.15) is 0 Å². The van der Waals surface area contributed by atoms with E-state index in [1.165, 1.54) is 37.7 Å². The summed E-state index contributed by atoms with van der Waals surface area (Å²) in [5.41, 5.74) is 1.59. The van der Waals surface area contributed by atoms with Gasteiger partial charge in [-0.1, -0.05) is 46.3 Å². The van der Waals surface area contributed by atoms with Crippen LogP contribution in [0.25, 0.3) is 0 Å². The van der Waals surface area contributed by atoms with Gasteiger partial charge in [-0.2, -0.15) is 8.42 Å². The van der Waals surface area contributed by atoms with Crippen LogP contribution in [0.15, 0.2) is 11.6 Å². The topological polar surface area (TPSA) is 83.8 Å². The van der Waals surface area contributed by atoms with Crippen molar-refractivity contribution in [1.82, 2.24) is 0 Å². The van der Waals surface area contributed by atoms with Crippen molar-refractivity contribution in [2.75, 3.05) is 0 Å². The third-order valence-corrected chi connectivity index (χ3v) is 11.5. The fourth-order valence-corrected chi connectivity index (χ4v) is 9.69. The van der Waals surface area contributed by atoms with Crippen molar-refractivity contribution in [3.05, 3.63) is 11.6 Å². The molecule has 0 aromatic rings. The fraction of sp³-hybridized carbons (Fsp3) is 0.929. The summed E-state index contributed by atoms with van der Waals surface area (Å²) in [6, 6.07) is 0. The van der Waals surface area contributed by atoms with Crippen molar-refractivity contribution in [2.45, 2.75) is 117 Å². The number of fused-ring (bicyclic) bond motifs is 5. The van der Waals surface area contributed by atoms with Crippen LogP contribution >= 0.6 is 0 Å². The molecular formula is C28H48O5S. The Morgan fingerprint density at radius 3 is 2.38 bits per heavy atom. The first-order chi connectivity index (χ1) is 15.7. The summed E-state index contributed by atoms with van der Waals surface area (Å²) in [6.07, 6.45) is 12.8. The lowest BCUT2D eigenvalue weighted by Crippen LogP contribution is -2.52. The van der Waals surface area contributed by atoms with E-state index in [-0.39, 0.29) is 11.3 Å². The molecule has 3 fully saturated rings. The molecule has 0 amide bonds. The van der Waals surface area contributed by atoms with E-state index in [0.717, 1.165) is 43.4 Å². The molecule has 2 N–H and O–H groups in total. The molecule has 5 nitrogen and oxygen atoms in total. The van der Waals surface area contributed by atoms with E-state index >= 15 is 0 Å². The molecule has 0 aromatic heterocycles. The van der Waals surface area contributed by atoms with Crippen molar-refractivity contribution in [3.63, 3.8) is 0 Å². The lowest BCUT2D eigenvalue weighted by molar-refractivity contribution is -0.0709. The number of aliphatic hydroxyl groups is 1. The molecule has 0 aliphatic heterocycles.